The average Bonchev–Trinajstić information content (AvgIpc) is 3.36. The van der Waals surface area contributed by atoms with Gasteiger partial charge in [0.05, 0.1) is 23.6 Å². The molecule has 8 heteroatoms. The second-order valence-corrected chi connectivity index (χ2v) is 8.18. The molecule has 0 bridgehead atoms. The van der Waals surface area contributed by atoms with Crippen LogP contribution in [0.2, 0.25) is 0 Å². The molecule has 2 heterocycles. The van der Waals surface area contributed by atoms with E-state index in [4.69, 9.17) is 9.72 Å². The van der Waals surface area contributed by atoms with Gasteiger partial charge in [-0.1, -0.05) is 12.1 Å². The van der Waals surface area contributed by atoms with Crippen LogP contribution in [-0.4, -0.2) is 27.3 Å². The minimum absolute atomic E-state index is 0.216. The number of rotatable bonds is 6. The Morgan fingerprint density at radius 2 is 1.97 bits per heavy atom. The van der Waals surface area contributed by atoms with E-state index in [2.05, 4.69) is 26.3 Å². The lowest BCUT2D eigenvalue weighted by atomic mass is 10.2. The molecule has 0 radical (unpaired) electrons. The van der Waals surface area contributed by atoms with Crippen LogP contribution in [0, 0.1) is 6.92 Å². The Labute approximate surface area is 186 Å². The number of nitrogens with zero attached hydrogens (tertiary/aromatic N) is 3. The standard InChI is InChI=1S/C22H19BrN4O2S/c1-3-29-16-10-8-15(9-11-16)19-13-30-22(24-19)27-20(12-14(2)26-27)25-21(28)17-6-4-5-7-18(17)23/h4-13H,3H2,1-2H3,(H,25,28). The molecule has 30 heavy (non-hydrogen) atoms. The molecule has 0 saturated carbocycles. The van der Waals surface area contributed by atoms with Gasteiger partial charge in [0.25, 0.3) is 5.91 Å². The predicted octanol–water partition coefficient (Wildman–Crippen LogP) is 5.72. The van der Waals surface area contributed by atoms with E-state index in [1.807, 2.05) is 67.8 Å². The molecule has 152 valence electrons. The molecule has 0 spiro atoms. The predicted molar refractivity (Wildman–Crippen MR) is 123 cm³/mol. The number of benzene rings is 2. The number of nitrogens with one attached hydrogen (secondary N) is 1. The molecule has 0 aliphatic heterocycles. The summed E-state index contributed by atoms with van der Waals surface area (Å²) < 4.78 is 7.89. The van der Waals surface area contributed by atoms with Crippen molar-refractivity contribution in [1.29, 1.82) is 0 Å². The summed E-state index contributed by atoms with van der Waals surface area (Å²) in [7, 11) is 0. The third kappa shape index (κ3) is 4.29. The maximum absolute atomic E-state index is 12.7. The summed E-state index contributed by atoms with van der Waals surface area (Å²) in [5.41, 5.74) is 3.17. The maximum atomic E-state index is 12.7. The Balaban J connectivity index is 1.60. The summed E-state index contributed by atoms with van der Waals surface area (Å²) in [6.45, 7) is 4.47. The highest BCUT2D eigenvalue weighted by Crippen LogP contribution is 2.28. The first kappa shape index (κ1) is 20.3. The van der Waals surface area contributed by atoms with E-state index in [9.17, 15) is 4.79 Å². The van der Waals surface area contributed by atoms with Gasteiger partial charge in [-0.05, 0) is 66.2 Å². The fourth-order valence-corrected chi connectivity index (χ4v) is 4.21. The molecule has 6 nitrogen and oxygen atoms in total. The number of amides is 1. The summed E-state index contributed by atoms with van der Waals surface area (Å²) in [5, 5.41) is 10.1. The molecule has 1 amide bonds. The van der Waals surface area contributed by atoms with Gasteiger partial charge >= 0.3 is 0 Å². The van der Waals surface area contributed by atoms with Crippen molar-refractivity contribution in [3.05, 3.63) is 75.7 Å². The van der Waals surface area contributed by atoms with E-state index in [0.29, 0.717) is 23.1 Å². The Morgan fingerprint density at radius 3 is 2.70 bits per heavy atom. The van der Waals surface area contributed by atoms with Crippen LogP contribution in [0.3, 0.4) is 0 Å². The van der Waals surface area contributed by atoms with Gasteiger partial charge in [0.2, 0.25) is 5.13 Å². The molecular weight excluding hydrogens is 464 g/mol. The van der Waals surface area contributed by atoms with E-state index >= 15 is 0 Å². The van der Waals surface area contributed by atoms with Crippen LogP contribution in [-0.2, 0) is 0 Å². The molecule has 0 aliphatic carbocycles. The smallest absolute Gasteiger partial charge is 0.257 e. The van der Waals surface area contributed by atoms with Gasteiger partial charge in [-0.15, -0.1) is 11.3 Å². The molecule has 4 rings (SSSR count). The average molecular weight is 483 g/mol. The molecule has 4 aromatic rings. The highest BCUT2D eigenvalue weighted by atomic mass is 79.9. The molecule has 0 fully saturated rings. The number of hydrogen-bond acceptors (Lipinski definition) is 5. The first-order valence-electron chi connectivity index (χ1n) is 9.37. The molecular formula is C22H19BrN4O2S. The van der Waals surface area contributed by atoms with Gasteiger partial charge < -0.3 is 10.1 Å². The van der Waals surface area contributed by atoms with Crippen molar-refractivity contribution in [3.8, 4) is 22.1 Å². The topological polar surface area (TPSA) is 69.0 Å². The lowest BCUT2D eigenvalue weighted by molar-refractivity contribution is 0.102. The van der Waals surface area contributed by atoms with Crippen LogP contribution < -0.4 is 10.1 Å². The monoisotopic (exact) mass is 482 g/mol. The Bertz CT molecular complexity index is 1180. The van der Waals surface area contributed by atoms with Gasteiger partial charge in [-0.25, -0.2) is 4.98 Å². The fraction of sp³-hybridized carbons (Fsp3) is 0.136. The Morgan fingerprint density at radius 1 is 1.20 bits per heavy atom. The van der Waals surface area contributed by atoms with E-state index in [-0.39, 0.29) is 5.91 Å². The first-order chi connectivity index (χ1) is 14.5. The summed E-state index contributed by atoms with van der Waals surface area (Å²) in [6.07, 6.45) is 0. The van der Waals surface area contributed by atoms with E-state index in [0.717, 1.165) is 27.2 Å². The van der Waals surface area contributed by atoms with Gasteiger partial charge in [0.15, 0.2) is 0 Å². The van der Waals surface area contributed by atoms with Crippen LogP contribution in [0.4, 0.5) is 5.82 Å². The van der Waals surface area contributed by atoms with Crippen molar-refractivity contribution in [2.45, 2.75) is 13.8 Å². The number of hydrogen-bond donors (Lipinski definition) is 1. The Kier molecular flexibility index (Phi) is 5.96. The molecule has 0 unspecified atom stereocenters. The zero-order valence-electron chi connectivity index (χ0n) is 16.4. The van der Waals surface area contributed by atoms with E-state index in [1.54, 1.807) is 10.7 Å². The molecule has 2 aromatic heterocycles. The molecule has 2 aromatic carbocycles. The van der Waals surface area contributed by atoms with Crippen molar-refractivity contribution in [2.24, 2.45) is 0 Å². The summed E-state index contributed by atoms with van der Waals surface area (Å²) in [5.74, 6) is 1.18. The van der Waals surface area contributed by atoms with Gasteiger partial charge in [0.1, 0.15) is 11.6 Å². The second kappa shape index (κ2) is 8.81. The Hall–Kier alpha value is -2.97. The number of halogens is 1. The van der Waals surface area contributed by atoms with Crippen molar-refractivity contribution in [2.75, 3.05) is 11.9 Å². The minimum atomic E-state index is -0.216. The highest BCUT2D eigenvalue weighted by Gasteiger charge is 2.16. The van der Waals surface area contributed by atoms with Crippen molar-refractivity contribution < 1.29 is 9.53 Å². The van der Waals surface area contributed by atoms with Crippen molar-refractivity contribution in [1.82, 2.24) is 14.8 Å². The molecule has 0 saturated heterocycles. The van der Waals surface area contributed by atoms with Crippen LogP contribution in [0.25, 0.3) is 16.4 Å². The number of aryl methyl sites for hydroxylation is 1. The van der Waals surface area contributed by atoms with Crippen LogP contribution in [0.1, 0.15) is 23.0 Å². The van der Waals surface area contributed by atoms with Gasteiger partial charge in [0, 0.05) is 21.5 Å². The number of carbonyl (C=O) groups is 1. The first-order valence-corrected chi connectivity index (χ1v) is 11.0. The summed E-state index contributed by atoms with van der Waals surface area (Å²) in [4.78, 5) is 17.4. The number of anilines is 1. The lowest BCUT2D eigenvalue weighted by Crippen LogP contribution is -2.15. The zero-order valence-corrected chi connectivity index (χ0v) is 18.8. The highest BCUT2D eigenvalue weighted by molar-refractivity contribution is 9.10. The van der Waals surface area contributed by atoms with Crippen molar-refractivity contribution >= 4 is 39.0 Å². The third-order valence-electron chi connectivity index (χ3n) is 4.33. The quantitative estimate of drug-likeness (QED) is 0.381. The number of thiazole rings is 1. The third-order valence-corrected chi connectivity index (χ3v) is 5.83. The van der Waals surface area contributed by atoms with Crippen LogP contribution in [0.15, 0.2) is 64.5 Å². The minimum Gasteiger partial charge on any atom is -0.494 e. The molecule has 1 N–H and O–H groups in total. The lowest BCUT2D eigenvalue weighted by Gasteiger charge is -2.08. The van der Waals surface area contributed by atoms with Crippen molar-refractivity contribution in [3.63, 3.8) is 0 Å². The number of carbonyl (C=O) groups excluding carboxylic acids is 1. The normalized spacial score (nSPS) is 10.8. The summed E-state index contributed by atoms with van der Waals surface area (Å²) >= 11 is 4.88. The van der Waals surface area contributed by atoms with Gasteiger partial charge in [-0.2, -0.15) is 9.78 Å². The van der Waals surface area contributed by atoms with E-state index in [1.165, 1.54) is 11.3 Å². The van der Waals surface area contributed by atoms with Crippen LogP contribution in [0.5, 0.6) is 5.75 Å². The largest absolute Gasteiger partial charge is 0.494 e. The summed E-state index contributed by atoms with van der Waals surface area (Å²) in [6, 6.07) is 16.9. The number of ether oxygens (including phenoxy) is 1. The number of aromatic nitrogens is 3. The van der Waals surface area contributed by atoms with Crippen LogP contribution >= 0.6 is 27.3 Å². The maximum Gasteiger partial charge on any atom is 0.257 e. The second-order valence-electron chi connectivity index (χ2n) is 6.49. The fourth-order valence-electron chi connectivity index (χ4n) is 2.95. The van der Waals surface area contributed by atoms with Gasteiger partial charge in [-0.3, -0.25) is 4.79 Å². The van der Waals surface area contributed by atoms with E-state index < -0.39 is 0 Å². The zero-order chi connectivity index (χ0) is 21.1. The molecule has 0 aliphatic rings. The SMILES string of the molecule is CCOc1ccc(-c2csc(-n3nc(C)cc3NC(=O)c3ccccc3Br)n2)cc1. The molecule has 0 atom stereocenters.